The van der Waals surface area contributed by atoms with Gasteiger partial charge in [-0.1, -0.05) is 66.7 Å². The molecule has 1 heterocycles. The number of pyridine rings is 1. The number of hydrogen-bond donors (Lipinski definition) is 1. The van der Waals surface area contributed by atoms with Crippen LogP contribution in [-0.2, 0) is 4.74 Å². The summed E-state index contributed by atoms with van der Waals surface area (Å²) in [4.78, 5) is 4.59. The molecule has 1 atom stereocenters. The van der Waals surface area contributed by atoms with Crippen molar-refractivity contribution in [2.75, 3.05) is 11.9 Å². The molecule has 0 unspecified atom stereocenters. The minimum absolute atomic E-state index is 0.288. The first-order valence-corrected chi connectivity index (χ1v) is 9.97. The summed E-state index contributed by atoms with van der Waals surface area (Å²) in [5, 5.41) is 9.57. The maximum Gasteiger partial charge on any atom is 0.155 e. The van der Waals surface area contributed by atoms with Crippen molar-refractivity contribution in [2.45, 2.75) is 13.2 Å². The van der Waals surface area contributed by atoms with Crippen LogP contribution in [0.25, 0.3) is 32.4 Å². The van der Waals surface area contributed by atoms with Crippen LogP contribution in [0.1, 0.15) is 18.7 Å². The SMILES string of the molecule is CCO[C@@H](Nc1cccc2cccnc12)c1c2ccccc2cc2ccccc12. The number of hydrogen-bond acceptors (Lipinski definition) is 3. The fourth-order valence-corrected chi connectivity index (χ4v) is 4.06. The summed E-state index contributed by atoms with van der Waals surface area (Å²) in [6.45, 7) is 2.64. The van der Waals surface area contributed by atoms with E-state index in [1.54, 1.807) is 0 Å². The average molecular weight is 378 g/mol. The zero-order valence-electron chi connectivity index (χ0n) is 16.3. The Bertz CT molecular complexity index is 1250. The predicted molar refractivity (Wildman–Crippen MR) is 121 cm³/mol. The van der Waals surface area contributed by atoms with Crippen molar-refractivity contribution >= 4 is 38.1 Å². The Morgan fingerprint density at radius 3 is 2.17 bits per heavy atom. The van der Waals surface area contributed by atoms with E-state index in [4.69, 9.17) is 4.74 Å². The van der Waals surface area contributed by atoms with Crippen molar-refractivity contribution in [3.8, 4) is 0 Å². The molecule has 0 aliphatic rings. The van der Waals surface area contributed by atoms with Gasteiger partial charge in [-0.3, -0.25) is 4.98 Å². The molecule has 0 spiro atoms. The molecule has 142 valence electrons. The number of ether oxygens (including phenoxy) is 1. The first-order valence-electron chi connectivity index (χ1n) is 9.97. The number of rotatable bonds is 5. The van der Waals surface area contributed by atoms with E-state index >= 15 is 0 Å². The molecule has 0 amide bonds. The highest BCUT2D eigenvalue weighted by Gasteiger charge is 2.19. The Morgan fingerprint density at radius 1 is 0.793 bits per heavy atom. The highest BCUT2D eigenvalue weighted by Crippen LogP contribution is 2.36. The molecule has 0 saturated heterocycles. The van der Waals surface area contributed by atoms with E-state index in [1.165, 1.54) is 21.5 Å². The van der Waals surface area contributed by atoms with Crippen molar-refractivity contribution in [3.05, 3.63) is 96.7 Å². The third kappa shape index (κ3) is 3.20. The van der Waals surface area contributed by atoms with E-state index in [2.05, 4.69) is 89.2 Å². The second kappa shape index (κ2) is 7.53. The fourth-order valence-electron chi connectivity index (χ4n) is 4.06. The van der Waals surface area contributed by atoms with Gasteiger partial charge in [0.25, 0.3) is 0 Å². The summed E-state index contributed by atoms with van der Waals surface area (Å²) in [6, 6.07) is 29.5. The number of aromatic nitrogens is 1. The Balaban J connectivity index is 1.73. The second-order valence-corrected chi connectivity index (χ2v) is 7.09. The van der Waals surface area contributed by atoms with Gasteiger partial charge in [-0.05, 0) is 46.7 Å². The summed E-state index contributed by atoms with van der Waals surface area (Å²) >= 11 is 0. The lowest BCUT2D eigenvalue weighted by Gasteiger charge is -2.24. The molecule has 0 aliphatic carbocycles. The highest BCUT2D eigenvalue weighted by molar-refractivity contribution is 6.03. The van der Waals surface area contributed by atoms with E-state index in [0.717, 1.165) is 22.2 Å². The smallest absolute Gasteiger partial charge is 0.155 e. The standard InChI is InChI=1S/C26H22N2O/c1-2-29-26(28-23-15-7-11-18-12-8-16-27-25(18)23)24-21-13-5-3-9-19(21)17-20-10-4-6-14-22(20)24/h3-17,26,28H,2H2,1H3/t26-/m1/s1. The molecule has 0 radical (unpaired) electrons. The molecule has 3 heteroatoms. The highest BCUT2D eigenvalue weighted by atomic mass is 16.5. The molecule has 0 fully saturated rings. The van der Waals surface area contributed by atoms with Crippen molar-refractivity contribution in [3.63, 3.8) is 0 Å². The van der Waals surface area contributed by atoms with E-state index in [-0.39, 0.29) is 6.23 Å². The van der Waals surface area contributed by atoms with Crippen LogP contribution in [0.3, 0.4) is 0 Å². The molecular formula is C26H22N2O. The number of anilines is 1. The number of nitrogens with zero attached hydrogens (tertiary/aromatic N) is 1. The van der Waals surface area contributed by atoms with Crippen LogP contribution in [0.4, 0.5) is 5.69 Å². The maximum atomic E-state index is 6.26. The Hall–Kier alpha value is -3.43. The average Bonchev–Trinajstić information content (AvgIpc) is 2.77. The van der Waals surface area contributed by atoms with Crippen LogP contribution in [0, 0.1) is 0 Å². The molecule has 5 aromatic rings. The van der Waals surface area contributed by atoms with E-state index in [9.17, 15) is 0 Å². The first-order chi connectivity index (χ1) is 14.3. The van der Waals surface area contributed by atoms with Gasteiger partial charge < -0.3 is 10.1 Å². The number of nitrogens with one attached hydrogen (secondary N) is 1. The lowest BCUT2D eigenvalue weighted by atomic mass is 9.95. The summed E-state index contributed by atoms with van der Waals surface area (Å²) in [5.74, 6) is 0. The van der Waals surface area contributed by atoms with Gasteiger partial charge in [-0.15, -0.1) is 0 Å². The maximum absolute atomic E-state index is 6.26. The molecule has 0 bridgehead atoms. The normalized spacial score (nSPS) is 12.4. The van der Waals surface area contributed by atoms with Gasteiger partial charge in [0.15, 0.2) is 6.23 Å². The molecular weight excluding hydrogens is 356 g/mol. The monoisotopic (exact) mass is 378 g/mol. The summed E-state index contributed by atoms with van der Waals surface area (Å²) < 4.78 is 6.26. The van der Waals surface area contributed by atoms with Crippen LogP contribution < -0.4 is 5.32 Å². The van der Waals surface area contributed by atoms with Crippen molar-refractivity contribution < 1.29 is 4.74 Å². The summed E-state index contributed by atoms with van der Waals surface area (Å²) in [6.07, 6.45) is 1.54. The van der Waals surface area contributed by atoms with Gasteiger partial charge in [-0.25, -0.2) is 0 Å². The predicted octanol–water partition coefficient (Wildman–Crippen LogP) is 6.69. The molecule has 29 heavy (non-hydrogen) atoms. The van der Waals surface area contributed by atoms with E-state index in [0.29, 0.717) is 6.61 Å². The van der Waals surface area contributed by atoms with Crippen LogP contribution in [-0.4, -0.2) is 11.6 Å². The lowest BCUT2D eigenvalue weighted by Crippen LogP contribution is -2.16. The molecule has 3 nitrogen and oxygen atoms in total. The topological polar surface area (TPSA) is 34.1 Å². The van der Waals surface area contributed by atoms with Crippen LogP contribution >= 0.6 is 0 Å². The quantitative estimate of drug-likeness (QED) is 0.273. The van der Waals surface area contributed by atoms with Gasteiger partial charge in [0.05, 0.1) is 11.2 Å². The van der Waals surface area contributed by atoms with Crippen molar-refractivity contribution in [1.82, 2.24) is 4.98 Å². The lowest BCUT2D eigenvalue weighted by molar-refractivity contribution is 0.0849. The van der Waals surface area contributed by atoms with Gasteiger partial charge >= 0.3 is 0 Å². The molecule has 5 rings (SSSR count). The Kier molecular flexibility index (Phi) is 4.59. The Labute approximate surface area is 170 Å². The van der Waals surface area contributed by atoms with E-state index in [1.807, 2.05) is 19.2 Å². The molecule has 1 N–H and O–H groups in total. The zero-order chi connectivity index (χ0) is 19.6. The molecule has 0 aliphatic heterocycles. The largest absolute Gasteiger partial charge is 0.355 e. The van der Waals surface area contributed by atoms with Crippen LogP contribution in [0.15, 0.2) is 91.1 Å². The zero-order valence-corrected chi connectivity index (χ0v) is 16.3. The summed E-state index contributed by atoms with van der Waals surface area (Å²) in [7, 11) is 0. The van der Waals surface area contributed by atoms with Gasteiger partial charge in [0, 0.05) is 23.8 Å². The van der Waals surface area contributed by atoms with Gasteiger partial charge in [-0.2, -0.15) is 0 Å². The number of para-hydroxylation sites is 1. The summed E-state index contributed by atoms with van der Waals surface area (Å²) in [5.41, 5.74) is 3.08. The minimum atomic E-state index is -0.288. The van der Waals surface area contributed by atoms with Crippen molar-refractivity contribution in [2.24, 2.45) is 0 Å². The van der Waals surface area contributed by atoms with E-state index < -0.39 is 0 Å². The van der Waals surface area contributed by atoms with Crippen molar-refractivity contribution in [1.29, 1.82) is 0 Å². The first kappa shape index (κ1) is 17.7. The minimum Gasteiger partial charge on any atom is -0.355 e. The van der Waals surface area contributed by atoms with Crippen LogP contribution in [0.2, 0.25) is 0 Å². The molecule has 0 saturated carbocycles. The number of fused-ring (bicyclic) bond motifs is 3. The number of benzene rings is 4. The Morgan fingerprint density at radius 2 is 1.45 bits per heavy atom. The second-order valence-electron chi connectivity index (χ2n) is 7.09. The molecule has 1 aromatic heterocycles. The van der Waals surface area contributed by atoms with Gasteiger partial charge in [0.1, 0.15) is 0 Å². The third-order valence-electron chi connectivity index (χ3n) is 5.33. The molecule has 4 aromatic carbocycles. The van der Waals surface area contributed by atoms with Crippen LogP contribution in [0.5, 0.6) is 0 Å². The van der Waals surface area contributed by atoms with Gasteiger partial charge in [0.2, 0.25) is 0 Å². The fraction of sp³-hybridized carbons (Fsp3) is 0.115. The third-order valence-corrected chi connectivity index (χ3v) is 5.33.